The van der Waals surface area contributed by atoms with Gasteiger partial charge in [-0.3, -0.25) is 0 Å². The Hall–Kier alpha value is -0.410. The van der Waals surface area contributed by atoms with Gasteiger partial charge in [-0.25, -0.2) is 4.98 Å². The number of nitrogens with zero attached hydrogens (tertiary/aromatic N) is 1. The first-order chi connectivity index (χ1) is 6.83. The molecule has 1 atom stereocenters. The lowest BCUT2D eigenvalue weighted by Crippen LogP contribution is -2.18. The molecule has 2 nitrogen and oxygen atoms in total. The van der Waals surface area contributed by atoms with Crippen LogP contribution in [0.2, 0.25) is 0 Å². The predicted molar refractivity (Wildman–Crippen MR) is 62.8 cm³/mol. The average Bonchev–Trinajstić information content (AvgIpc) is 2.65. The molecule has 1 rings (SSSR count). The Labute approximate surface area is 90.8 Å². The largest absolute Gasteiger partial charge is 0.317 e. The number of nitrogens with one attached hydrogen (secondary N) is 1. The molecule has 0 fully saturated rings. The Morgan fingerprint density at radius 3 is 3.00 bits per heavy atom. The number of rotatable bonds is 7. The highest BCUT2D eigenvalue weighted by Crippen LogP contribution is 2.13. The molecule has 0 spiro atoms. The molecule has 1 unspecified atom stereocenters. The van der Waals surface area contributed by atoms with Crippen molar-refractivity contribution >= 4 is 11.3 Å². The van der Waals surface area contributed by atoms with E-state index >= 15 is 0 Å². The van der Waals surface area contributed by atoms with Crippen LogP contribution < -0.4 is 5.32 Å². The molecule has 0 aliphatic heterocycles. The van der Waals surface area contributed by atoms with E-state index in [1.807, 2.05) is 6.20 Å². The van der Waals surface area contributed by atoms with Crippen LogP contribution in [0.15, 0.2) is 11.6 Å². The summed E-state index contributed by atoms with van der Waals surface area (Å²) in [4.78, 5) is 4.30. The van der Waals surface area contributed by atoms with Gasteiger partial charge in [0.2, 0.25) is 0 Å². The minimum absolute atomic E-state index is 0.741. The minimum Gasteiger partial charge on any atom is -0.317 e. The fourth-order valence-corrected chi connectivity index (χ4v) is 2.19. The average molecular weight is 212 g/mol. The van der Waals surface area contributed by atoms with Gasteiger partial charge in [-0.15, -0.1) is 11.3 Å². The van der Waals surface area contributed by atoms with Gasteiger partial charge in [0.1, 0.15) is 0 Å². The van der Waals surface area contributed by atoms with Crippen molar-refractivity contribution in [2.75, 3.05) is 13.1 Å². The molecule has 0 aliphatic rings. The highest BCUT2D eigenvalue weighted by atomic mass is 32.1. The van der Waals surface area contributed by atoms with Gasteiger partial charge in [0, 0.05) is 18.0 Å². The van der Waals surface area contributed by atoms with E-state index in [1.165, 1.54) is 17.8 Å². The van der Waals surface area contributed by atoms with Crippen LogP contribution >= 0.6 is 11.3 Å². The summed E-state index contributed by atoms with van der Waals surface area (Å²) in [5.41, 5.74) is 0. The van der Waals surface area contributed by atoms with E-state index in [4.69, 9.17) is 0 Å². The van der Waals surface area contributed by atoms with Crippen molar-refractivity contribution in [2.45, 2.75) is 33.1 Å². The molecule has 14 heavy (non-hydrogen) atoms. The maximum absolute atomic E-state index is 4.30. The number of thiazole rings is 1. The Balaban J connectivity index is 2.07. The first kappa shape index (κ1) is 11.7. The SMILES string of the molecule is CCCNCCC(C)Cc1nccs1. The fraction of sp³-hybridized carbons (Fsp3) is 0.727. The first-order valence-electron chi connectivity index (χ1n) is 5.42. The van der Waals surface area contributed by atoms with Gasteiger partial charge < -0.3 is 5.32 Å². The third-order valence-electron chi connectivity index (χ3n) is 2.25. The molecule has 3 heteroatoms. The van der Waals surface area contributed by atoms with Crippen LogP contribution in [0.3, 0.4) is 0 Å². The van der Waals surface area contributed by atoms with Crippen LogP contribution in [-0.2, 0) is 6.42 Å². The monoisotopic (exact) mass is 212 g/mol. The molecule has 0 amide bonds. The number of aromatic nitrogens is 1. The first-order valence-corrected chi connectivity index (χ1v) is 6.30. The summed E-state index contributed by atoms with van der Waals surface area (Å²) >= 11 is 1.76. The van der Waals surface area contributed by atoms with Crippen molar-refractivity contribution in [1.82, 2.24) is 10.3 Å². The molecule has 1 N–H and O–H groups in total. The molecule has 1 aromatic rings. The van der Waals surface area contributed by atoms with Gasteiger partial charge in [-0.2, -0.15) is 0 Å². The van der Waals surface area contributed by atoms with E-state index in [2.05, 4.69) is 29.5 Å². The second kappa shape index (κ2) is 6.96. The van der Waals surface area contributed by atoms with Gasteiger partial charge in [0.15, 0.2) is 0 Å². The van der Waals surface area contributed by atoms with Crippen molar-refractivity contribution < 1.29 is 0 Å². The highest BCUT2D eigenvalue weighted by molar-refractivity contribution is 7.09. The fourth-order valence-electron chi connectivity index (χ4n) is 1.40. The molecule has 1 heterocycles. The zero-order valence-corrected chi connectivity index (χ0v) is 9.94. The third kappa shape index (κ3) is 4.72. The number of hydrogen-bond donors (Lipinski definition) is 1. The zero-order valence-electron chi connectivity index (χ0n) is 9.12. The van der Waals surface area contributed by atoms with Gasteiger partial charge in [-0.1, -0.05) is 13.8 Å². The molecule has 0 bridgehead atoms. The topological polar surface area (TPSA) is 24.9 Å². The Morgan fingerprint density at radius 1 is 1.50 bits per heavy atom. The lowest BCUT2D eigenvalue weighted by Gasteiger charge is -2.09. The van der Waals surface area contributed by atoms with Crippen molar-refractivity contribution in [2.24, 2.45) is 5.92 Å². The summed E-state index contributed by atoms with van der Waals surface area (Å²) in [6.07, 6.45) is 5.49. The molecule has 1 aromatic heterocycles. The maximum atomic E-state index is 4.30. The summed E-state index contributed by atoms with van der Waals surface area (Å²) in [6, 6.07) is 0. The van der Waals surface area contributed by atoms with Crippen molar-refractivity contribution in [3.8, 4) is 0 Å². The summed E-state index contributed by atoms with van der Waals surface area (Å²) in [7, 11) is 0. The summed E-state index contributed by atoms with van der Waals surface area (Å²) in [5.74, 6) is 0.741. The van der Waals surface area contributed by atoms with E-state index in [0.717, 1.165) is 25.4 Å². The summed E-state index contributed by atoms with van der Waals surface area (Å²) in [5, 5.41) is 6.75. The van der Waals surface area contributed by atoms with Crippen LogP contribution in [-0.4, -0.2) is 18.1 Å². The molecular weight excluding hydrogens is 192 g/mol. The van der Waals surface area contributed by atoms with E-state index in [1.54, 1.807) is 11.3 Å². The van der Waals surface area contributed by atoms with E-state index in [0.29, 0.717) is 0 Å². The van der Waals surface area contributed by atoms with Crippen LogP contribution in [0.5, 0.6) is 0 Å². The van der Waals surface area contributed by atoms with Gasteiger partial charge in [0.05, 0.1) is 5.01 Å². The second-order valence-electron chi connectivity index (χ2n) is 3.77. The van der Waals surface area contributed by atoms with Crippen LogP contribution in [0.4, 0.5) is 0 Å². The molecule has 0 aliphatic carbocycles. The van der Waals surface area contributed by atoms with Crippen LogP contribution in [0.1, 0.15) is 31.7 Å². The van der Waals surface area contributed by atoms with Crippen LogP contribution in [0, 0.1) is 5.92 Å². The number of hydrogen-bond acceptors (Lipinski definition) is 3. The lowest BCUT2D eigenvalue weighted by atomic mass is 10.0. The standard InChI is InChI=1S/C11H20N2S/c1-3-5-12-6-4-10(2)9-11-13-7-8-14-11/h7-8,10,12H,3-6,9H2,1-2H3. The quantitative estimate of drug-likeness (QED) is 0.703. The molecule has 0 saturated carbocycles. The van der Waals surface area contributed by atoms with E-state index in [-0.39, 0.29) is 0 Å². The molecule has 0 radical (unpaired) electrons. The van der Waals surface area contributed by atoms with Gasteiger partial charge in [-0.05, 0) is 31.8 Å². The minimum atomic E-state index is 0.741. The Morgan fingerprint density at radius 2 is 2.36 bits per heavy atom. The van der Waals surface area contributed by atoms with Crippen molar-refractivity contribution in [1.29, 1.82) is 0 Å². The van der Waals surface area contributed by atoms with Gasteiger partial charge in [0.25, 0.3) is 0 Å². The summed E-state index contributed by atoms with van der Waals surface area (Å²) in [6.45, 7) is 6.78. The smallest absolute Gasteiger partial charge is 0.0927 e. The maximum Gasteiger partial charge on any atom is 0.0927 e. The second-order valence-corrected chi connectivity index (χ2v) is 4.75. The molecule has 80 valence electrons. The Bertz CT molecular complexity index is 221. The predicted octanol–water partition coefficient (Wildman–Crippen LogP) is 2.71. The highest BCUT2D eigenvalue weighted by Gasteiger charge is 2.04. The lowest BCUT2D eigenvalue weighted by molar-refractivity contribution is 0.497. The molecular formula is C11H20N2S. The normalized spacial score (nSPS) is 13.0. The van der Waals surface area contributed by atoms with Crippen LogP contribution in [0.25, 0.3) is 0 Å². The van der Waals surface area contributed by atoms with E-state index < -0.39 is 0 Å². The third-order valence-corrected chi connectivity index (χ3v) is 3.05. The van der Waals surface area contributed by atoms with Gasteiger partial charge >= 0.3 is 0 Å². The molecule has 0 saturated heterocycles. The van der Waals surface area contributed by atoms with Crippen molar-refractivity contribution in [3.05, 3.63) is 16.6 Å². The molecule has 0 aromatic carbocycles. The summed E-state index contributed by atoms with van der Waals surface area (Å²) < 4.78 is 0. The zero-order chi connectivity index (χ0) is 10.2. The van der Waals surface area contributed by atoms with E-state index in [9.17, 15) is 0 Å². The van der Waals surface area contributed by atoms with Crippen molar-refractivity contribution in [3.63, 3.8) is 0 Å². The Kier molecular flexibility index (Phi) is 5.80.